The molecule has 0 bridgehead atoms. The minimum Gasteiger partial charge on any atom is -0.480 e. The number of nitrogens with one attached hydrogen (secondary N) is 2. The third-order valence-corrected chi connectivity index (χ3v) is 5.96. The molecule has 0 saturated heterocycles. The van der Waals surface area contributed by atoms with E-state index in [0.717, 1.165) is 35.1 Å². The molecule has 1 amide bonds. The predicted molar refractivity (Wildman–Crippen MR) is 133 cm³/mol. The first kappa shape index (κ1) is 25.2. The van der Waals surface area contributed by atoms with E-state index < -0.39 is 5.97 Å². The fourth-order valence-corrected chi connectivity index (χ4v) is 4.13. The van der Waals surface area contributed by atoms with Gasteiger partial charge < -0.3 is 26.3 Å². The smallest absolute Gasteiger partial charge is 0.317 e. The molecule has 8 nitrogen and oxygen atoms in total. The number of benzene rings is 2. The van der Waals surface area contributed by atoms with Gasteiger partial charge in [-0.25, -0.2) is 0 Å². The molecule has 2 aromatic carbocycles. The minimum atomic E-state index is -0.938. The summed E-state index contributed by atoms with van der Waals surface area (Å²) >= 11 is 0. The van der Waals surface area contributed by atoms with Crippen LogP contribution in [0.1, 0.15) is 54.4 Å². The maximum Gasteiger partial charge on any atom is 0.317 e. The Labute approximate surface area is 200 Å². The molecule has 0 heterocycles. The number of nitrogen functional groups attached to an aromatic ring is 1. The molecule has 2 aromatic rings. The number of carbonyl (C=O) groups is 2. The van der Waals surface area contributed by atoms with Gasteiger partial charge >= 0.3 is 5.97 Å². The van der Waals surface area contributed by atoms with Crippen LogP contribution in [0.2, 0.25) is 0 Å². The maximum absolute atomic E-state index is 12.3. The van der Waals surface area contributed by atoms with Crippen molar-refractivity contribution in [3.8, 4) is 0 Å². The maximum atomic E-state index is 12.3. The summed E-state index contributed by atoms with van der Waals surface area (Å²) < 4.78 is 0. The summed E-state index contributed by atoms with van der Waals surface area (Å²) in [6.45, 7) is 2.65. The molecule has 0 aliphatic heterocycles. The summed E-state index contributed by atoms with van der Waals surface area (Å²) in [6, 6.07) is 13.3. The van der Waals surface area contributed by atoms with E-state index >= 15 is 0 Å². The van der Waals surface area contributed by atoms with Gasteiger partial charge in [-0.3, -0.25) is 9.59 Å². The lowest BCUT2D eigenvalue weighted by Gasteiger charge is -2.21. The highest BCUT2D eigenvalue weighted by molar-refractivity contribution is 6.13. The van der Waals surface area contributed by atoms with Crippen molar-refractivity contribution in [1.82, 2.24) is 10.6 Å². The van der Waals surface area contributed by atoms with Gasteiger partial charge in [-0.2, -0.15) is 0 Å². The van der Waals surface area contributed by atoms with Crippen molar-refractivity contribution in [1.29, 1.82) is 0 Å². The number of aliphatic carboxylic acids is 1. The van der Waals surface area contributed by atoms with Crippen molar-refractivity contribution in [3.05, 3.63) is 64.7 Å². The van der Waals surface area contributed by atoms with Gasteiger partial charge in [0.05, 0.1) is 6.54 Å². The van der Waals surface area contributed by atoms with E-state index in [1.165, 1.54) is 19.3 Å². The lowest BCUT2D eigenvalue weighted by atomic mass is 9.89. The zero-order valence-corrected chi connectivity index (χ0v) is 19.7. The zero-order chi connectivity index (χ0) is 24.3. The lowest BCUT2D eigenvalue weighted by Crippen LogP contribution is -2.32. The molecule has 182 valence electrons. The van der Waals surface area contributed by atoms with Gasteiger partial charge in [0, 0.05) is 29.9 Å². The zero-order valence-electron chi connectivity index (χ0n) is 19.7. The first-order valence-corrected chi connectivity index (χ1v) is 11.8. The first-order valence-electron chi connectivity index (χ1n) is 11.8. The average Bonchev–Trinajstić information content (AvgIpc) is 2.82. The number of hydrogen-bond donors (Lipinski definition) is 4. The van der Waals surface area contributed by atoms with Gasteiger partial charge in [0.1, 0.15) is 5.71 Å². The Kier molecular flexibility index (Phi) is 9.46. The topological polar surface area (TPSA) is 126 Å². The molecule has 5 N–H and O–H groups in total. The van der Waals surface area contributed by atoms with E-state index in [1.807, 2.05) is 43.3 Å². The number of oxime groups is 1. The number of aryl methyl sites for hydroxylation is 1. The molecule has 8 heteroatoms. The van der Waals surface area contributed by atoms with Gasteiger partial charge in [-0.1, -0.05) is 54.2 Å². The molecule has 34 heavy (non-hydrogen) atoms. The van der Waals surface area contributed by atoms with Crippen LogP contribution in [0.4, 0.5) is 5.69 Å². The van der Waals surface area contributed by atoms with Crippen LogP contribution < -0.4 is 16.4 Å². The minimum absolute atomic E-state index is 0.163. The molecule has 1 fully saturated rings. The molecule has 1 saturated carbocycles. The van der Waals surface area contributed by atoms with Crippen molar-refractivity contribution in [2.75, 3.05) is 25.4 Å². The SMILES string of the molecule is Cc1cccc(C(=NOCC(=O)NCC2CCCCC2)c2ccc(N)c(CNCC(=O)O)c2)c1. The average molecular weight is 467 g/mol. The van der Waals surface area contributed by atoms with Crippen LogP contribution in [-0.4, -0.2) is 42.4 Å². The summed E-state index contributed by atoms with van der Waals surface area (Å²) in [5, 5.41) is 19.0. The Morgan fingerprint density at radius 1 is 1.12 bits per heavy atom. The van der Waals surface area contributed by atoms with E-state index in [9.17, 15) is 9.59 Å². The van der Waals surface area contributed by atoms with Gasteiger partial charge in [0.25, 0.3) is 5.91 Å². The second kappa shape index (κ2) is 12.7. The molecule has 1 aliphatic carbocycles. The van der Waals surface area contributed by atoms with E-state index in [4.69, 9.17) is 15.7 Å². The summed E-state index contributed by atoms with van der Waals surface area (Å²) in [7, 11) is 0. The largest absolute Gasteiger partial charge is 0.480 e. The summed E-state index contributed by atoms with van der Waals surface area (Å²) in [5.74, 6) is -0.576. The third-order valence-electron chi connectivity index (χ3n) is 5.96. The quantitative estimate of drug-likeness (QED) is 0.229. The molecule has 3 rings (SSSR count). The number of amides is 1. The van der Waals surface area contributed by atoms with E-state index in [2.05, 4.69) is 15.8 Å². The Morgan fingerprint density at radius 3 is 2.62 bits per heavy atom. The summed E-state index contributed by atoms with van der Waals surface area (Å²) in [6.07, 6.45) is 6.08. The van der Waals surface area contributed by atoms with Crippen LogP contribution >= 0.6 is 0 Å². The molecule has 0 atom stereocenters. The van der Waals surface area contributed by atoms with Crippen LogP contribution in [-0.2, 0) is 21.0 Å². The Hall–Kier alpha value is -3.39. The normalized spacial score (nSPS) is 14.6. The molecule has 1 aliphatic rings. The van der Waals surface area contributed by atoms with Gasteiger partial charge in [-0.15, -0.1) is 0 Å². The van der Waals surface area contributed by atoms with Crippen molar-refractivity contribution in [2.24, 2.45) is 11.1 Å². The number of rotatable bonds is 11. The predicted octanol–water partition coefficient (Wildman–Crippen LogP) is 3.22. The van der Waals surface area contributed by atoms with Crippen LogP contribution in [0.5, 0.6) is 0 Å². The molecular formula is C26H34N4O4. The summed E-state index contributed by atoms with van der Waals surface area (Å²) in [4.78, 5) is 28.6. The fraction of sp³-hybridized carbons (Fsp3) is 0.423. The van der Waals surface area contributed by atoms with Crippen LogP contribution in [0.25, 0.3) is 0 Å². The standard InChI is InChI=1S/C26H34N4O4/c1-18-6-5-9-20(12-18)26(21-10-11-23(27)22(13-21)15-28-16-25(32)33)30-34-17-24(31)29-14-19-7-3-2-4-8-19/h5-6,9-13,19,28H,2-4,7-8,14-17,27H2,1H3,(H,29,31)(H,32,33). The number of anilines is 1. The lowest BCUT2D eigenvalue weighted by molar-refractivity contribution is -0.136. The molecule has 0 radical (unpaired) electrons. The summed E-state index contributed by atoms with van der Waals surface area (Å²) in [5.41, 5.74) is 10.6. The highest BCUT2D eigenvalue weighted by Crippen LogP contribution is 2.23. The number of nitrogens with zero attached hydrogens (tertiary/aromatic N) is 1. The number of nitrogens with two attached hydrogens (primary N) is 1. The van der Waals surface area contributed by atoms with Gasteiger partial charge in [0.2, 0.25) is 0 Å². The second-order valence-electron chi connectivity index (χ2n) is 8.80. The van der Waals surface area contributed by atoms with Crippen molar-refractivity contribution >= 4 is 23.3 Å². The van der Waals surface area contributed by atoms with Crippen LogP contribution in [0.3, 0.4) is 0 Å². The molecule has 0 aromatic heterocycles. The number of carboxylic acids is 1. The third kappa shape index (κ3) is 7.88. The Bertz CT molecular complexity index is 1020. The number of carbonyl (C=O) groups excluding carboxylic acids is 1. The number of hydrogen-bond acceptors (Lipinski definition) is 6. The first-order chi connectivity index (χ1) is 16.4. The molecule has 0 spiro atoms. The number of carboxylic acid groups (broad SMARTS) is 1. The Balaban J connectivity index is 1.72. The molecule has 0 unspecified atom stereocenters. The van der Waals surface area contributed by atoms with Crippen LogP contribution in [0, 0.1) is 12.8 Å². The van der Waals surface area contributed by atoms with E-state index in [-0.39, 0.29) is 19.1 Å². The fourth-order valence-electron chi connectivity index (χ4n) is 4.13. The van der Waals surface area contributed by atoms with Gasteiger partial charge in [-0.05, 0) is 49.4 Å². The van der Waals surface area contributed by atoms with Crippen molar-refractivity contribution in [2.45, 2.75) is 45.6 Å². The molecular weight excluding hydrogens is 432 g/mol. The monoisotopic (exact) mass is 466 g/mol. The highest BCUT2D eigenvalue weighted by Gasteiger charge is 2.15. The van der Waals surface area contributed by atoms with E-state index in [0.29, 0.717) is 30.4 Å². The van der Waals surface area contributed by atoms with E-state index in [1.54, 1.807) is 6.07 Å². The Morgan fingerprint density at radius 2 is 1.88 bits per heavy atom. The van der Waals surface area contributed by atoms with Crippen molar-refractivity contribution < 1.29 is 19.5 Å². The van der Waals surface area contributed by atoms with Crippen molar-refractivity contribution in [3.63, 3.8) is 0 Å². The second-order valence-corrected chi connectivity index (χ2v) is 8.80. The van der Waals surface area contributed by atoms with Gasteiger partial charge in [0.15, 0.2) is 6.61 Å². The van der Waals surface area contributed by atoms with Crippen LogP contribution in [0.15, 0.2) is 47.6 Å². The highest BCUT2D eigenvalue weighted by atomic mass is 16.6.